The first-order valence-corrected chi connectivity index (χ1v) is 8.38. The molecule has 0 aliphatic heterocycles. The maximum atomic E-state index is 12.4. The smallest absolute Gasteiger partial charge is 0.338 e. The Bertz CT molecular complexity index is 774. The molecule has 0 bridgehead atoms. The van der Waals surface area contributed by atoms with Gasteiger partial charge in [-0.1, -0.05) is 36.4 Å². The monoisotopic (exact) mass is 354 g/mol. The minimum atomic E-state index is -0.441. The highest BCUT2D eigenvalue weighted by Gasteiger charge is 2.17. The molecule has 1 atom stereocenters. The average Bonchev–Trinajstić information content (AvgIpc) is 2.62. The number of hydrogen-bond acceptors (Lipinski definition) is 4. The van der Waals surface area contributed by atoms with Crippen molar-refractivity contribution in [1.29, 1.82) is 0 Å². The Labute approximate surface area is 152 Å². The molecule has 2 amide bonds. The summed E-state index contributed by atoms with van der Waals surface area (Å²) in [6, 6.07) is 15.4. The van der Waals surface area contributed by atoms with E-state index >= 15 is 0 Å². The van der Waals surface area contributed by atoms with Crippen molar-refractivity contribution in [3.05, 3.63) is 65.7 Å². The Morgan fingerprint density at radius 1 is 1.04 bits per heavy atom. The minimum absolute atomic E-state index is 0.0766. The quantitative estimate of drug-likeness (QED) is 0.749. The van der Waals surface area contributed by atoms with Gasteiger partial charge in [0.25, 0.3) is 0 Å². The largest absolute Gasteiger partial charge is 0.462 e. The molecule has 0 aliphatic rings. The van der Waals surface area contributed by atoms with Crippen molar-refractivity contribution < 1.29 is 19.1 Å². The number of nitrogens with one attached hydrogen (secondary N) is 2. The fraction of sp³-hybridized carbons (Fsp3) is 0.250. The van der Waals surface area contributed by atoms with Crippen LogP contribution in [0.25, 0.3) is 0 Å². The van der Waals surface area contributed by atoms with Crippen LogP contribution >= 0.6 is 0 Å². The molecule has 0 heterocycles. The van der Waals surface area contributed by atoms with Crippen molar-refractivity contribution in [1.82, 2.24) is 5.32 Å². The Hall–Kier alpha value is -3.15. The standard InChI is InChI=1S/C20H22N2O4/c1-3-26-20(25)16-10-7-11-17(12-16)22-19(24)13-18(21-14(2)23)15-8-5-4-6-9-15/h4-12,18H,3,13H2,1-2H3,(H,21,23)(H,22,24)/t18-/m0/s1. The summed E-state index contributed by atoms with van der Waals surface area (Å²) >= 11 is 0. The number of ether oxygens (including phenoxy) is 1. The number of amides is 2. The maximum absolute atomic E-state index is 12.4. The molecule has 0 saturated heterocycles. The van der Waals surface area contributed by atoms with Gasteiger partial charge in [0.2, 0.25) is 11.8 Å². The summed E-state index contributed by atoms with van der Waals surface area (Å²) in [7, 11) is 0. The van der Waals surface area contributed by atoms with Gasteiger partial charge in [-0.25, -0.2) is 4.79 Å². The van der Waals surface area contributed by atoms with Gasteiger partial charge in [-0.3, -0.25) is 9.59 Å². The number of anilines is 1. The molecule has 2 N–H and O–H groups in total. The molecule has 0 spiro atoms. The van der Waals surface area contributed by atoms with Crippen LogP contribution in [0.4, 0.5) is 5.69 Å². The van der Waals surface area contributed by atoms with Gasteiger partial charge >= 0.3 is 5.97 Å². The molecule has 0 radical (unpaired) electrons. The van der Waals surface area contributed by atoms with Gasteiger partial charge in [0, 0.05) is 12.6 Å². The number of hydrogen-bond donors (Lipinski definition) is 2. The van der Waals surface area contributed by atoms with Gasteiger partial charge in [-0.05, 0) is 30.7 Å². The topological polar surface area (TPSA) is 84.5 Å². The molecule has 0 fully saturated rings. The van der Waals surface area contributed by atoms with Crippen LogP contribution < -0.4 is 10.6 Å². The van der Waals surface area contributed by atoms with E-state index in [-0.39, 0.29) is 24.8 Å². The Balaban J connectivity index is 2.07. The second-order valence-electron chi connectivity index (χ2n) is 5.72. The van der Waals surface area contributed by atoms with Gasteiger partial charge in [-0.15, -0.1) is 0 Å². The first kappa shape index (κ1) is 19.2. The predicted molar refractivity (Wildman–Crippen MR) is 98.6 cm³/mol. The second kappa shape index (κ2) is 9.36. The third-order valence-corrected chi connectivity index (χ3v) is 3.63. The third-order valence-electron chi connectivity index (χ3n) is 3.63. The SMILES string of the molecule is CCOC(=O)c1cccc(NC(=O)C[C@H](NC(C)=O)c2ccccc2)c1. The van der Waals surface area contributed by atoms with E-state index in [9.17, 15) is 14.4 Å². The lowest BCUT2D eigenvalue weighted by Crippen LogP contribution is -2.29. The summed E-state index contributed by atoms with van der Waals surface area (Å²) in [5, 5.41) is 5.54. The van der Waals surface area contributed by atoms with Gasteiger partial charge in [0.15, 0.2) is 0 Å². The molecule has 0 aliphatic carbocycles. The summed E-state index contributed by atoms with van der Waals surface area (Å²) in [5.74, 6) is -0.923. The maximum Gasteiger partial charge on any atom is 0.338 e. The van der Waals surface area contributed by atoms with E-state index in [0.29, 0.717) is 11.3 Å². The first-order valence-electron chi connectivity index (χ1n) is 8.38. The number of carbonyl (C=O) groups excluding carboxylic acids is 3. The van der Waals surface area contributed by atoms with Crippen molar-refractivity contribution in [2.24, 2.45) is 0 Å². The second-order valence-corrected chi connectivity index (χ2v) is 5.72. The summed E-state index contributed by atoms with van der Waals surface area (Å²) in [6.45, 7) is 3.43. The fourth-order valence-corrected chi connectivity index (χ4v) is 2.52. The number of carbonyl (C=O) groups is 3. The molecule has 26 heavy (non-hydrogen) atoms. The van der Waals surface area contributed by atoms with Crippen LogP contribution in [0.15, 0.2) is 54.6 Å². The predicted octanol–water partition coefficient (Wildman–Crippen LogP) is 3.07. The fourth-order valence-electron chi connectivity index (χ4n) is 2.52. The van der Waals surface area contributed by atoms with E-state index in [1.54, 1.807) is 31.2 Å². The van der Waals surface area contributed by atoms with Crippen molar-refractivity contribution in [3.63, 3.8) is 0 Å². The van der Waals surface area contributed by atoms with Gasteiger partial charge < -0.3 is 15.4 Å². The third kappa shape index (κ3) is 5.73. The van der Waals surface area contributed by atoms with Crippen molar-refractivity contribution in [2.45, 2.75) is 26.3 Å². The molecule has 136 valence electrons. The minimum Gasteiger partial charge on any atom is -0.462 e. The van der Waals surface area contributed by atoms with Gasteiger partial charge in [-0.2, -0.15) is 0 Å². The lowest BCUT2D eigenvalue weighted by molar-refractivity contribution is -0.120. The molecule has 2 rings (SSSR count). The van der Waals surface area contributed by atoms with E-state index in [0.717, 1.165) is 5.56 Å². The van der Waals surface area contributed by atoms with Crippen LogP contribution in [0.2, 0.25) is 0 Å². The van der Waals surface area contributed by atoms with Crippen LogP contribution in [0.3, 0.4) is 0 Å². The number of esters is 1. The Morgan fingerprint density at radius 3 is 2.42 bits per heavy atom. The van der Waals surface area contributed by atoms with Crippen LogP contribution in [0.5, 0.6) is 0 Å². The normalized spacial score (nSPS) is 11.3. The van der Waals surface area contributed by atoms with Gasteiger partial charge in [0.05, 0.1) is 24.6 Å². The van der Waals surface area contributed by atoms with Crippen molar-refractivity contribution in [3.8, 4) is 0 Å². The molecule has 2 aromatic rings. The Morgan fingerprint density at radius 2 is 1.77 bits per heavy atom. The summed E-state index contributed by atoms with van der Waals surface area (Å²) in [5.41, 5.74) is 1.71. The van der Waals surface area contributed by atoms with Crippen LogP contribution in [-0.4, -0.2) is 24.4 Å². The molecular weight excluding hydrogens is 332 g/mol. The van der Waals surface area contributed by atoms with Crippen LogP contribution in [0, 0.1) is 0 Å². The number of benzene rings is 2. The molecule has 0 aromatic heterocycles. The Kier molecular flexibility index (Phi) is 6.91. The molecule has 0 saturated carbocycles. The average molecular weight is 354 g/mol. The summed E-state index contributed by atoms with van der Waals surface area (Å²) in [4.78, 5) is 35.6. The molecule has 0 unspecified atom stereocenters. The molecule has 6 heteroatoms. The zero-order valence-electron chi connectivity index (χ0n) is 14.8. The molecular formula is C20H22N2O4. The highest BCUT2D eigenvalue weighted by atomic mass is 16.5. The van der Waals surface area contributed by atoms with Crippen LogP contribution in [-0.2, 0) is 14.3 Å². The molecule has 2 aromatic carbocycles. The molecule has 6 nitrogen and oxygen atoms in total. The van der Waals surface area contributed by atoms with Crippen molar-refractivity contribution >= 4 is 23.5 Å². The zero-order chi connectivity index (χ0) is 18.9. The van der Waals surface area contributed by atoms with Crippen LogP contribution in [0.1, 0.15) is 42.2 Å². The van der Waals surface area contributed by atoms with E-state index in [1.165, 1.54) is 6.92 Å². The zero-order valence-corrected chi connectivity index (χ0v) is 14.8. The lowest BCUT2D eigenvalue weighted by Gasteiger charge is -2.18. The van der Waals surface area contributed by atoms with E-state index in [4.69, 9.17) is 4.74 Å². The highest BCUT2D eigenvalue weighted by molar-refractivity contribution is 5.95. The van der Waals surface area contributed by atoms with E-state index in [1.807, 2.05) is 30.3 Å². The first-order chi connectivity index (χ1) is 12.5. The highest BCUT2D eigenvalue weighted by Crippen LogP contribution is 2.18. The van der Waals surface area contributed by atoms with Crippen molar-refractivity contribution in [2.75, 3.05) is 11.9 Å². The number of rotatable bonds is 7. The lowest BCUT2D eigenvalue weighted by atomic mass is 10.0. The summed E-state index contributed by atoms with van der Waals surface area (Å²) < 4.78 is 4.95. The van der Waals surface area contributed by atoms with E-state index in [2.05, 4.69) is 10.6 Å². The summed E-state index contributed by atoms with van der Waals surface area (Å²) in [6.07, 6.45) is 0.0766. The van der Waals surface area contributed by atoms with E-state index < -0.39 is 12.0 Å². The van der Waals surface area contributed by atoms with Gasteiger partial charge in [0.1, 0.15) is 0 Å².